The Bertz CT molecular complexity index is 93.8. The van der Waals surface area contributed by atoms with Crippen LogP contribution in [-0.2, 0) is 0 Å². The highest BCUT2D eigenvalue weighted by Gasteiger charge is 2.09. The highest BCUT2D eigenvalue weighted by atomic mass is 15.1. The van der Waals surface area contributed by atoms with Crippen molar-refractivity contribution in [1.82, 2.24) is 4.90 Å². The highest BCUT2D eigenvalue weighted by molar-refractivity contribution is 4.67. The van der Waals surface area contributed by atoms with E-state index in [1.54, 1.807) is 0 Å². The average molecular weight is 172 g/mol. The Morgan fingerprint density at radius 2 is 2.00 bits per heavy atom. The molecule has 0 aliphatic carbocycles. The third kappa shape index (κ3) is 4.73. The van der Waals surface area contributed by atoms with E-state index in [4.69, 9.17) is 5.73 Å². The SMILES string of the molecule is CCCCN(C)C(CC)CCN. The molecule has 2 nitrogen and oxygen atoms in total. The molecular formula is C10H24N2. The molecule has 12 heavy (non-hydrogen) atoms. The summed E-state index contributed by atoms with van der Waals surface area (Å²) in [4.78, 5) is 2.44. The molecule has 0 amide bonds. The number of nitrogens with zero attached hydrogens (tertiary/aromatic N) is 1. The average Bonchev–Trinajstić information content (AvgIpc) is 2.10. The lowest BCUT2D eigenvalue weighted by Gasteiger charge is -2.26. The summed E-state index contributed by atoms with van der Waals surface area (Å²) < 4.78 is 0. The largest absolute Gasteiger partial charge is 0.330 e. The number of hydrogen-bond acceptors (Lipinski definition) is 2. The molecule has 0 aromatic heterocycles. The number of unbranched alkanes of at least 4 members (excludes halogenated alkanes) is 1. The van der Waals surface area contributed by atoms with Gasteiger partial charge >= 0.3 is 0 Å². The molecule has 0 aromatic carbocycles. The van der Waals surface area contributed by atoms with Crippen LogP contribution in [0.1, 0.15) is 39.5 Å². The summed E-state index contributed by atoms with van der Waals surface area (Å²) in [5, 5.41) is 0. The van der Waals surface area contributed by atoms with E-state index in [-0.39, 0.29) is 0 Å². The number of nitrogens with two attached hydrogens (primary N) is 1. The lowest BCUT2D eigenvalue weighted by atomic mass is 10.1. The summed E-state index contributed by atoms with van der Waals surface area (Å²) in [6.07, 6.45) is 4.94. The molecular weight excluding hydrogens is 148 g/mol. The molecule has 0 saturated heterocycles. The van der Waals surface area contributed by atoms with Gasteiger partial charge in [-0.3, -0.25) is 0 Å². The Balaban J connectivity index is 3.60. The van der Waals surface area contributed by atoms with Crippen molar-refractivity contribution in [3.63, 3.8) is 0 Å². The summed E-state index contributed by atoms with van der Waals surface area (Å²) in [7, 11) is 2.21. The predicted molar refractivity (Wildman–Crippen MR) is 55.3 cm³/mol. The first kappa shape index (κ1) is 11.9. The Morgan fingerprint density at radius 1 is 1.33 bits per heavy atom. The Morgan fingerprint density at radius 3 is 2.42 bits per heavy atom. The van der Waals surface area contributed by atoms with Crippen molar-refractivity contribution in [2.24, 2.45) is 5.73 Å². The van der Waals surface area contributed by atoms with E-state index in [0.717, 1.165) is 13.0 Å². The van der Waals surface area contributed by atoms with Gasteiger partial charge in [0.15, 0.2) is 0 Å². The topological polar surface area (TPSA) is 29.3 Å². The molecule has 74 valence electrons. The van der Waals surface area contributed by atoms with Crippen LogP contribution in [0.25, 0.3) is 0 Å². The molecule has 1 atom stereocenters. The van der Waals surface area contributed by atoms with E-state index in [2.05, 4.69) is 25.8 Å². The van der Waals surface area contributed by atoms with E-state index in [1.165, 1.54) is 25.8 Å². The van der Waals surface area contributed by atoms with Gasteiger partial charge in [-0.25, -0.2) is 0 Å². The minimum Gasteiger partial charge on any atom is -0.330 e. The van der Waals surface area contributed by atoms with Gasteiger partial charge in [0.1, 0.15) is 0 Å². The van der Waals surface area contributed by atoms with Crippen molar-refractivity contribution < 1.29 is 0 Å². The fourth-order valence-electron chi connectivity index (χ4n) is 1.52. The molecule has 0 saturated carbocycles. The van der Waals surface area contributed by atoms with Crippen molar-refractivity contribution in [3.8, 4) is 0 Å². The summed E-state index contributed by atoms with van der Waals surface area (Å²) >= 11 is 0. The second-order valence-electron chi connectivity index (χ2n) is 3.47. The molecule has 0 aromatic rings. The first-order valence-corrected chi connectivity index (χ1v) is 5.16. The maximum absolute atomic E-state index is 5.54. The van der Waals surface area contributed by atoms with Gasteiger partial charge in [0, 0.05) is 6.04 Å². The maximum atomic E-state index is 5.54. The molecule has 0 radical (unpaired) electrons. The first-order chi connectivity index (χ1) is 5.76. The Hall–Kier alpha value is -0.0800. The second kappa shape index (κ2) is 7.56. The third-order valence-corrected chi connectivity index (χ3v) is 2.46. The van der Waals surface area contributed by atoms with Crippen LogP contribution >= 0.6 is 0 Å². The maximum Gasteiger partial charge on any atom is 0.0102 e. The van der Waals surface area contributed by atoms with Gasteiger partial charge in [0.05, 0.1) is 0 Å². The molecule has 0 fully saturated rings. The van der Waals surface area contributed by atoms with Crippen LogP contribution in [0.5, 0.6) is 0 Å². The fourth-order valence-corrected chi connectivity index (χ4v) is 1.52. The van der Waals surface area contributed by atoms with E-state index < -0.39 is 0 Å². The van der Waals surface area contributed by atoms with Crippen LogP contribution in [-0.4, -0.2) is 31.1 Å². The summed E-state index contributed by atoms with van der Waals surface area (Å²) in [6, 6.07) is 0.696. The van der Waals surface area contributed by atoms with Crippen LogP contribution in [0.4, 0.5) is 0 Å². The van der Waals surface area contributed by atoms with Gasteiger partial charge in [0.2, 0.25) is 0 Å². The molecule has 2 N–H and O–H groups in total. The van der Waals surface area contributed by atoms with Crippen molar-refractivity contribution in [2.75, 3.05) is 20.1 Å². The molecule has 0 heterocycles. The number of hydrogen-bond donors (Lipinski definition) is 1. The van der Waals surface area contributed by atoms with Crippen LogP contribution in [0.2, 0.25) is 0 Å². The van der Waals surface area contributed by atoms with Gasteiger partial charge < -0.3 is 10.6 Å². The monoisotopic (exact) mass is 172 g/mol. The van der Waals surface area contributed by atoms with Crippen LogP contribution in [0, 0.1) is 0 Å². The fraction of sp³-hybridized carbons (Fsp3) is 1.00. The zero-order chi connectivity index (χ0) is 9.40. The molecule has 0 spiro atoms. The van der Waals surface area contributed by atoms with E-state index in [9.17, 15) is 0 Å². The Labute approximate surface area is 77.1 Å². The number of rotatable bonds is 7. The standard InChI is InChI=1S/C10H24N2/c1-4-6-9-12(3)10(5-2)7-8-11/h10H,4-9,11H2,1-3H3. The molecule has 2 heteroatoms. The van der Waals surface area contributed by atoms with E-state index in [1.807, 2.05) is 0 Å². The minimum atomic E-state index is 0.696. The van der Waals surface area contributed by atoms with Crippen LogP contribution < -0.4 is 5.73 Å². The van der Waals surface area contributed by atoms with Crippen molar-refractivity contribution in [3.05, 3.63) is 0 Å². The molecule has 0 aliphatic heterocycles. The molecule has 0 aliphatic rings. The highest BCUT2D eigenvalue weighted by Crippen LogP contribution is 2.06. The molecule has 1 unspecified atom stereocenters. The lowest BCUT2D eigenvalue weighted by molar-refractivity contribution is 0.223. The van der Waals surface area contributed by atoms with Gasteiger partial charge in [-0.2, -0.15) is 0 Å². The predicted octanol–water partition coefficient (Wildman–Crippen LogP) is 1.85. The van der Waals surface area contributed by atoms with Gasteiger partial charge in [0.25, 0.3) is 0 Å². The van der Waals surface area contributed by atoms with Crippen molar-refractivity contribution >= 4 is 0 Å². The summed E-state index contributed by atoms with van der Waals surface area (Å²) in [6.45, 7) is 6.50. The normalized spacial score (nSPS) is 13.8. The first-order valence-electron chi connectivity index (χ1n) is 5.16. The molecule has 0 rings (SSSR count). The smallest absolute Gasteiger partial charge is 0.0102 e. The zero-order valence-corrected chi connectivity index (χ0v) is 8.84. The van der Waals surface area contributed by atoms with E-state index in [0.29, 0.717) is 6.04 Å². The van der Waals surface area contributed by atoms with Crippen molar-refractivity contribution in [2.45, 2.75) is 45.6 Å². The van der Waals surface area contributed by atoms with Crippen LogP contribution in [0.15, 0.2) is 0 Å². The third-order valence-electron chi connectivity index (χ3n) is 2.46. The summed E-state index contributed by atoms with van der Waals surface area (Å²) in [5.74, 6) is 0. The van der Waals surface area contributed by atoms with Gasteiger partial charge in [-0.1, -0.05) is 20.3 Å². The zero-order valence-electron chi connectivity index (χ0n) is 8.84. The quantitative estimate of drug-likeness (QED) is 0.635. The Kier molecular flexibility index (Phi) is 7.51. The van der Waals surface area contributed by atoms with E-state index >= 15 is 0 Å². The summed E-state index contributed by atoms with van der Waals surface area (Å²) in [5.41, 5.74) is 5.54. The van der Waals surface area contributed by atoms with Crippen molar-refractivity contribution in [1.29, 1.82) is 0 Å². The van der Waals surface area contributed by atoms with Crippen LogP contribution in [0.3, 0.4) is 0 Å². The lowest BCUT2D eigenvalue weighted by Crippen LogP contribution is -2.33. The van der Waals surface area contributed by atoms with Gasteiger partial charge in [-0.05, 0) is 39.4 Å². The minimum absolute atomic E-state index is 0.696. The molecule has 0 bridgehead atoms. The van der Waals surface area contributed by atoms with Gasteiger partial charge in [-0.15, -0.1) is 0 Å². The second-order valence-corrected chi connectivity index (χ2v) is 3.47.